The highest BCUT2D eigenvalue weighted by Crippen LogP contribution is 2.09. The fourth-order valence-electron chi connectivity index (χ4n) is 2.64. The van der Waals surface area contributed by atoms with Crippen LogP contribution in [0.4, 0.5) is 5.69 Å². The number of aromatic nitrogens is 2. The lowest BCUT2D eigenvalue weighted by Crippen LogP contribution is -2.34. The van der Waals surface area contributed by atoms with E-state index in [9.17, 15) is 4.79 Å². The molecule has 1 aliphatic rings. The lowest BCUT2D eigenvalue weighted by Gasteiger charge is -2.22. The molecule has 2 N–H and O–H groups in total. The van der Waals surface area contributed by atoms with Crippen molar-refractivity contribution >= 4 is 11.6 Å². The number of piperidine rings is 1. The Labute approximate surface area is 135 Å². The quantitative estimate of drug-likeness (QED) is 0.850. The standard InChI is InChI=1S/C17H22N4O2/c22-17(13-23-16-6-8-18-9-7-16)20-15-10-19-21(12-15)11-14-4-2-1-3-5-14/h1-5,10,12,16,18H,6-9,11,13H2,(H,20,22). The molecule has 6 nitrogen and oxygen atoms in total. The number of amides is 1. The van der Waals surface area contributed by atoms with Crippen molar-refractivity contribution in [2.45, 2.75) is 25.5 Å². The lowest BCUT2D eigenvalue weighted by molar-refractivity contribution is -0.123. The number of nitrogens with one attached hydrogen (secondary N) is 2. The Balaban J connectivity index is 1.45. The number of carbonyl (C=O) groups excluding carboxylic acids is 1. The zero-order valence-electron chi connectivity index (χ0n) is 13.1. The van der Waals surface area contributed by atoms with Crippen LogP contribution in [0, 0.1) is 0 Å². The molecule has 0 atom stereocenters. The molecule has 1 aromatic carbocycles. The van der Waals surface area contributed by atoms with Crippen LogP contribution in [0.25, 0.3) is 0 Å². The van der Waals surface area contributed by atoms with Gasteiger partial charge < -0.3 is 15.4 Å². The van der Waals surface area contributed by atoms with E-state index in [2.05, 4.69) is 15.7 Å². The van der Waals surface area contributed by atoms with Crippen molar-refractivity contribution in [2.75, 3.05) is 25.0 Å². The van der Waals surface area contributed by atoms with Gasteiger partial charge in [-0.05, 0) is 31.5 Å². The number of hydrogen-bond donors (Lipinski definition) is 2. The summed E-state index contributed by atoms with van der Waals surface area (Å²) in [5.74, 6) is -0.136. The van der Waals surface area contributed by atoms with Gasteiger partial charge in [-0.1, -0.05) is 30.3 Å². The van der Waals surface area contributed by atoms with Crippen molar-refractivity contribution in [3.8, 4) is 0 Å². The molecule has 0 aliphatic carbocycles. The van der Waals surface area contributed by atoms with Crippen molar-refractivity contribution in [2.24, 2.45) is 0 Å². The fourth-order valence-corrected chi connectivity index (χ4v) is 2.64. The molecular weight excluding hydrogens is 292 g/mol. The summed E-state index contributed by atoms with van der Waals surface area (Å²) in [7, 11) is 0. The van der Waals surface area contributed by atoms with E-state index in [0.29, 0.717) is 12.2 Å². The number of hydrogen-bond acceptors (Lipinski definition) is 4. The number of benzene rings is 1. The van der Waals surface area contributed by atoms with E-state index in [1.165, 1.54) is 5.56 Å². The highest BCUT2D eigenvalue weighted by Gasteiger charge is 2.15. The van der Waals surface area contributed by atoms with Gasteiger partial charge in [0.2, 0.25) is 5.91 Å². The molecule has 6 heteroatoms. The highest BCUT2D eigenvalue weighted by atomic mass is 16.5. The van der Waals surface area contributed by atoms with Crippen LogP contribution in [0.15, 0.2) is 42.7 Å². The van der Waals surface area contributed by atoms with Crippen LogP contribution >= 0.6 is 0 Å². The molecule has 23 heavy (non-hydrogen) atoms. The molecule has 0 radical (unpaired) electrons. The molecule has 3 rings (SSSR count). The summed E-state index contributed by atoms with van der Waals surface area (Å²) < 4.78 is 7.44. The fraction of sp³-hybridized carbons (Fsp3) is 0.412. The molecule has 0 bridgehead atoms. The van der Waals surface area contributed by atoms with Gasteiger partial charge in [-0.25, -0.2) is 0 Å². The molecule has 0 spiro atoms. The summed E-state index contributed by atoms with van der Waals surface area (Å²) in [4.78, 5) is 11.9. The second-order valence-corrected chi connectivity index (χ2v) is 5.72. The van der Waals surface area contributed by atoms with Gasteiger partial charge in [0.25, 0.3) is 0 Å². The van der Waals surface area contributed by atoms with Crippen molar-refractivity contribution in [1.29, 1.82) is 0 Å². The van der Waals surface area contributed by atoms with E-state index in [-0.39, 0.29) is 18.6 Å². The first-order chi connectivity index (χ1) is 11.3. The minimum Gasteiger partial charge on any atom is -0.368 e. The van der Waals surface area contributed by atoms with Crippen molar-refractivity contribution in [3.05, 3.63) is 48.3 Å². The lowest BCUT2D eigenvalue weighted by atomic mass is 10.1. The maximum Gasteiger partial charge on any atom is 0.250 e. The van der Waals surface area contributed by atoms with Gasteiger partial charge in [0.15, 0.2) is 0 Å². The molecule has 1 amide bonds. The summed E-state index contributed by atoms with van der Waals surface area (Å²) in [6.45, 7) is 2.69. The first-order valence-corrected chi connectivity index (χ1v) is 7.98. The average Bonchev–Trinajstić information content (AvgIpc) is 3.02. The largest absolute Gasteiger partial charge is 0.368 e. The molecule has 1 aliphatic heterocycles. The minimum absolute atomic E-state index is 0.0918. The molecule has 2 heterocycles. The van der Waals surface area contributed by atoms with Crippen LogP contribution < -0.4 is 10.6 Å². The number of carbonyl (C=O) groups is 1. The van der Waals surface area contributed by atoms with Crippen LogP contribution in [0.5, 0.6) is 0 Å². The minimum atomic E-state index is -0.136. The van der Waals surface area contributed by atoms with Crippen LogP contribution in [0.3, 0.4) is 0 Å². The Morgan fingerprint density at radius 3 is 2.87 bits per heavy atom. The molecule has 2 aromatic rings. The number of anilines is 1. The molecule has 122 valence electrons. The normalized spacial score (nSPS) is 15.5. The van der Waals surface area contributed by atoms with E-state index >= 15 is 0 Å². The predicted molar refractivity (Wildman–Crippen MR) is 88.2 cm³/mol. The maximum atomic E-state index is 11.9. The number of rotatable bonds is 6. The van der Waals surface area contributed by atoms with Gasteiger partial charge in [-0.2, -0.15) is 5.10 Å². The Bertz CT molecular complexity index is 621. The molecule has 1 fully saturated rings. The Morgan fingerprint density at radius 2 is 2.09 bits per heavy atom. The summed E-state index contributed by atoms with van der Waals surface area (Å²) in [6.07, 6.45) is 5.59. The summed E-state index contributed by atoms with van der Waals surface area (Å²) in [6, 6.07) is 10.1. The van der Waals surface area contributed by atoms with Crippen molar-refractivity contribution in [1.82, 2.24) is 15.1 Å². The van der Waals surface area contributed by atoms with E-state index in [1.54, 1.807) is 10.9 Å². The van der Waals surface area contributed by atoms with E-state index in [4.69, 9.17) is 4.74 Å². The van der Waals surface area contributed by atoms with Gasteiger partial charge in [-0.15, -0.1) is 0 Å². The third-order valence-corrected chi connectivity index (χ3v) is 3.84. The number of ether oxygens (including phenoxy) is 1. The highest BCUT2D eigenvalue weighted by molar-refractivity contribution is 5.91. The van der Waals surface area contributed by atoms with Crippen LogP contribution in [-0.4, -0.2) is 41.5 Å². The van der Waals surface area contributed by atoms with Gasteiger partial charge >= 0.3 is 0 Å². The Kier molecular flexibility index (Phi) is 5.39. The number of nitrogens with zero attached hydrogens (tertiary/aromatic N) is 2. The monoisotopic (exact) mass is 314 g/mol. The molecule has 1 aromatic heterocycles. The van der Waals surface area contributed by atoms with Crippen LogP contribution in [-0.2, 0) is 16.1 Å². The van der Waals surface area contributed by atoms with Gasteiger partial charge in [0.1, 0.15) is 6.61 Å². The molecule has 0 unspecified atom stereocenters. The average molecular weight is 314 g/mol. The zero-order chi connectivity index (χ0) is 15.9. The van der Waals surface area contributed by atoms with Gasteiger partial charge in [0, 0.05) is 6.20 Å². The second-order valence-electron chi connectivity index (χ2n) is 5.72. The van der Waals surface area contributed by atoms with E-state index in [1.807, 2.05) is 36.5 Å². The van der Waals surface area contributed by atoms with Crippen LogP contribution in [0.2, 0.25) is 0 Å². The van der Waals surface area contributed by atoms with Gasteiger partial charge in [0.05, 0.1) is 24.5 Å². The SMILES string of the molecule is O=C(COC1CCNCC1)Nc1cnn(Cc2ccccc2)c1. The smallest absolute Gasteiger partial charge is 0.250 e. The molecular formula is C17H22N4O2. The zero-order valence-corrected chi connectivity index (χ0v) is 13.1. The van der Waals surface area contributed by atoms with Crippen molar-refractivity contribution < 1.29 is 9.53 Å². The molecule has 1 saturated heterocycles. The van der Waals surface area contributed by atoms with Gasteiger partial charge in [-0.3, -0.25) is 9.48 Å². The first-order valence-electron chi connectivity index (χ1n) is 7.98. The summed E-state index contributed by atoms with van der Waals surface area (Å²) >= 11 is 0. The first kappa shape index (κ1) is 15.7. The maximum absolute atomic E-state index is 11.9. The van der Waals surface area contributed by atoms with Crippen molar-refractivity contribution in [3.63, 3.8) is 0 Å². The Hall–Kier alpha value is -2.18. The third kappa shape index (κ3) is 4.91. The topological polar surface area (TPSA) is 68.2 Å². The summed E-state index contributed by atoms with van der Waals surface area (Å²) in [5, 5.41) is 10.4. The van der Waals surface area contributed by atoms with Crippen LogP contribution in [0.1, 0.15) is 18.4 Å². The third-order valence-electron chi connectivity index (χ3n) is 3.84. The Morgan fingerprint density at radius 1 is 1.30 bits per heavy atom. The van der Waals surface area contributed by atoms with E-state index < -0.39 is 0 Å². The summed E-state index contributed by atoms with van der Waals surface area (Å²) in [5.41, 5.74) is 1.86. The molecule has 0 saturated carbocycles. The van der Waals surface area contributed by atoms with E-state index in [0.717, 1.165) is 25.9 Å². The predicted octanol–water partition coefficient (Wildman–Crippen LogP) is 1.64. The second kappa shape index (κ2) is 7.89.